The molecule has 0 aliphatic carbocycles. The summed E-state index contributed by atoms with van der Waals surface area (Å²) >= 11 is 0. The van der Waals surface area contributed by atoms with Gasteiger partial charge in [-0.1, -0.05) is 26.0 Å². The van der Waals surface area contributed by atoms with Crippen LogP contribution in [0.4, 0.5) is 8.78 Å². The van der Waals surface area contributed by atoms with Crippen LogP contribution in [0.1, 0.15) is 44.6 Å². The number of rotatable bonds is 3. The molecule has 136 valence electrons. The smallest absolute Gasteiger partial charge is 0.223 e. The molecule has 0 N–H and O–H groups in total. The number of piperidine rings is 3. The average molecular weight is 348 g/mol. The summed E-state index contributed by atoms with van der Waals surface area (Å²) in [4.78, 5) is 17.3. The average Bonchev–Trinajstić information content (AvgIpc) is 3.00. The van der Waals surface area contributed by atoms with Gasteiger partial charge < -0.3 is 4.90 Å². The van der Waals surface area contributed by atoms with E-state index in [1.807, 2.05) is 18.7 Å². The van der Waals surface area contributed by atoms with E-state index in [1.54, 1.807) is 12.1 Å². The molecule has 0 unspecified atom stereocenters. The molecule has 2 bridgehead atoms. The standard InChI is InChI=1S/C20H26F2N2O/c1-12(2)10-17(25)24-11-15(14-4-3-5-16(21)18(14)22)20-19(24)13-6-8-23(20)9-7-13/h3-5,12-13,15,19-20H,6-11H2,1-2H3/t15-,19+,20+/m1/s1. The zero-order valence-electron chi connectivity index (χ0n) is 14.9. The molecule has 25 heavy (non-hydrogen) atoms. The van der Waals surface area contributed by atoms with Crippen LogP contribution in [0.2, 0.25) is 0 Å². The maximum Gasteiger partial charge on any atom is 0.223 e. The summed E-state index contributed by atoms with van der Waals surface area (Å²) in [5.74, 6) is -0.716. The van der Waals surface area contributed by atoms with Crippen molar-refractivity contribution in [1.82, 2.24) is 9.80 Å². The molecule has 4 heterocycles. The second-order valence-electron chi connectivity index (χ2n) is 8.25. The van der Waals surface area contributed by atoms with Crippen LogP contribution in [-0.2, 0) is 4.79 Å². The summed E-state index contributed by atoms with van der Waals surface area (Å²) in [5.41, 5.74) is 0.433. The van der Waals surface area contributed by atoms with Gasteiger partial charge >= 0.3 is 0 Å². The molecule has 3 nitrogen and oxygen atoms in total. The van der Waals surface area contributed by atoms with Crippen molar-refractivity contribution in [1.29, 1.82) is 0 Å². The van der Waals surface area contributed by atoms with Gasteiger partial charge in [0.2, 0.25) is 5.91 Å². The monoisotopic (exact) mass is 348 g/mol. The quantitative estimate of drug-likeness (QED) is 0.836. The maximum absolute atomic E-state index is 14.5. The Bertz CT molecular complexity index is 670. The largest absolute Gasteiger partial charge is 0.337 e. The fraction of sp³-hybridized carbons (Fsp3) is 0.650. The van der Waals surface area contributed by atoms with E-state index in [-0.39, 0.29) is 23.9 Å². The van der Waals surface area contributed by atoms with Crippen LogP contribution < -0.4 is 0 Å². The minimum atomic E-state index is -0.794. The second kappa shape index (κ2) is 6.35. The lowest BCUT2D eigenvalue weighted by atomic mass is 9.75. The van der Waals surface area contributed by atoms with E-state index in [0.29, 0.717) is 30.4 Å². The van der Waals surface area contributed by atoms with Crippen LogP contribution in [0.5, 0.6) is 0 Å². The first kappa shape index (κ1) is 17.0. The Morgan fingerprint density at radius 3 is 2.60 bits per heavy atom. The number of halogens is 2. The van der Waals surface area contributed by atoms with Crippen molar-refractivity contribution in [3.05, 3.63) is 35.4 Å². The number of nitrogens with zero attached hydrogens (tertiary/aromatic N) is 2. The van der Waals surface area contributed by atoms with Gasteiger partial charge in [-0.05, 0) is 49.4 Å². The van der Waals surface area contributed by atoms with Crippen LogP contribution >= 0.6 is 0 Å². The number of amides is 1. The van der Waals surface area contributed by atoms with Crippen LogP contribution in [0.3, 0.4) is 0 Å². The van der Waals surface area contributed by atoms with Gasteiger partial charge in [-0.2, -0.15) is 0 Å². The Kier molecular flexibility index (Phi) is 4.30. The molecule has 4 aliphatic heterocycles. The molecular formula is C20H26F2N2O. The van der Waals surface area contributed by atoms with Crippen molar-refractivity contribution in [2.24, 2.45) is 11.8 Å². The van der Waals surface area contributed by atoms with Crippen molar-refractivity contribution >= 4 is 5.91 Å². The maximum atomic E-state index is 14.5. The molecule has 4 saturated heterocycles. The van der Waals surface area contributed by atoms with Crippen molar-refractivity contribution < 1.29 is 13.6 Å². The first-order chi connectivity index (χ1) is 12.0. The first-order valence-electron chi connectivity index (χ1n) is 9.44. The Balaban J connectivity index is 1.71. The fourth-order valence-electron chi connectivity index (χ4n) is 5.25. The number of carbonyl (C=O) groups excluding carboxylic acids is 1. The van der Waals surface area contributed by atoms with E-state index >= 15 is 0 Å². The van der Waals surface area contributed by atoms with Gasteiger partial charge in [-0.3, -0.25) is 9.69 Å². The SMILES string of the molecule is CC(C)CC(=O)N1C[C@H](c2cccc(F)c2F)[C@H]2[C@@H]1C1CCN2CC1. The van der Waals surface area contributed by atoms with Gasteiger partial charge in [0, 0.05) is 24.9 Å². The highest BCUT2D eigenvalue weighted by Gasteiger charge is 2.55. The van der Waals surface area contributed by atoms with E-state index in [0.717, 1.165) is 25.9 Å². The Morgan fingerprint density at radius 1 is 1.20 bits per heavy atom. The summed E-state index contributed by atoms with van der Waals surface area (Å²) in [7, 11) is 0. The zero-order chi connectivity index (χ0) is 17.7. The molecule has 1 amide bonds. The number of carbonyl (C=O) groups is 1. The van der Waals surface area contributed by atoms with Gasteiger partial charge in [0.25, 0.3) is 0 Å². The highest BCUT2D eigenvalue weighted by atomic mass is 19.2. The Hall–Kier alpha value is -1.49. The van der Waals surface area contributed by atoms with E-state index < -0.39 is 11.6 Å². The van der Waals surface area contributed by atoms with E-state index in [9.17, 15) is 13.6 Å². The fourth-order valence-corrected chi connectivity index (χ4v) is 5.25. The van der Waals surface area contributed by atoms with Crippen molar-refractivity contribution in [3.8, 4) is 0 Å². The van der Waals surface area contributed by atoms with Crippen LogP contribution in [0.15, 0.2) is 18.2 Å². The van der Waals surface area contributed by atoms with Crippen molar-refractivity contribution in [2.45, 2.75) is 51.1 Å². The summed E-state index contributed by atoms with van der Waals surface area (Å²) < 4.78 is 28.3. The highest BCUT2D eigenvalue weighted by molar-refractivity contribution is 5.77. The van der Waals surface area contributed by atoms with Crippen LogP contribution in [0.25, 0.3) is 0 Å². The van der Waals surface area contributed by atoms with Gasteiger partial charge in [0.1, 0.15) is 0 Å². The molecule has 4 fully saturated rings. The third-order valence-corrected chi connectivity index (χ3v) is 6.28. The third-order valence-electron chi connectivity index (χ3n) is 6.28. The normalized spacial score (nSPS) is 33.8. The Morgan fingerprint density at radius 2 is 1.92 bits per heavy atom. The molecule has 5 rings (SSSR count). The van der Waals surface area contributed by atoms with Crippen molar-refractivity contribution in [3.63, 3.8) is 0 Å². The lowest BCUT2D eigenvalue weighted by Crippen LogP contribution is -2.60. The van der Waals surface area contributed by atoms with Crippen molar-refractivity contribution in [2.75, 3.05) is 19.6 Å². The second-order valence-corrected chi connectivity index (χ2v) is 8.25. The van der Waals surface area contributed by atoms with E-state index in [4.69, 9.17) is 0 Å². The molecule has 0 aromatic heterocycles. The van der Waals surface area contributed by atoms with Gasteiger partial charge in [0.15, 0.2) is 11.6 Å². The summed E-state index contributed by atoms with van der Waals surface area (Å²) in [6, 6.07) is 4.72. The molecule has 1 aromatic rings. The molecule has 3 atom stereocenters. The van der Waals surface area contributed by atoms with E-state index in [2.05, 4.69) is 4.90 Å². The highest BCUT2D eigenvalue weighted by Crippen LogP contribution is 2.47. The lowest BCUT2D eigenvalue weighted by molar-refractivity contribution is -0.136. The topological polar surface area (TPSA) is 23.6 Å². The van der Waals surface area contributed by atoms with Gasteiger partial charge in [-0.25, -0.2) is 8.78 Å². The summed E-state index contributed by atoms with van der Waals surface area (Å²) in [5, 5.41) is 0. The Labute approximate surface area is 148 Å². The molecule has 5 heteroatoms. The van der Waals surface area contributed by atoms with E-state index in [1.165, 1.54) is 6.07 Å². The molecule has 0 saturated carbocycles. The number of hydrogen-bond donors (Lipinski definition) is 0. The predicted octanol–water partition coefficient (Wildman–Crippen LogP) is 3.40. The molecular weight excluding hydrogens is 322 g/mol. The minimum absolute atomic E-state index is 0.125. The molecule has 0 spiro atoms. The van der Waals surface area contributed by atoms with Gasteiger partial charge in [-0.15, -0.1) is 0 Å². The summed E-state index contributed by atoms with van der Waals surface area (Å²) in [6.45, 7) is 6.61. The molecule has 0 radical (unpaired) electrons. The predicted molar refractivity (Wildman–Crippen MR) is 92.1 cm³/mol. The molecule has 1 aromatic carbocycles. The number of benzene rings is 1. The minimum Gasteiger partial charge on any atom is -0.337 e. The number of fused-ring (bicyclic) bond motifs is 2. The number of likely N-dealkylation sites (tertiary alicyclic amines) is 1. The van der Waals surface area contributed by atoms with Crippen LogP contribution in [-0.4, -0.2) is 47.4 Å². The lowest BCUT2D eigenvalue weighted by Gasteiger charge is -2.51. The van der Waals surface area contributed by atoms with Gasteiger partial charge in [0.05, 0.1) is 6.04 Å². The molecule has 4 aliphatic rings. The first-order valence-corrected chi connectivity index (χ1v) is 9.44. The third kappa shape index (κ3) is 2.77. The summed E-state index contributed by atoms with van der Waals surface area (Å²) in [6.07, 6.45) is 2.73. The zero-order valence-corrected chi connectivity index (χ0v) is 14.9. The van der Waals surface area contributed by atoms with Crippen LogP contribution in [0, 0.1) is 23.5 Å². The number of hydrogen-bond acceptors (Lipinski definition) is 2.